The van der Waals surface area contributed by atoms with Crippen molar-refractivity contribution in [2.75, 3.05) is 32.8 Å². The Bertz CT molecular complexity index is 223. The van der Waals surface area contributed by atoms with Gasteiger partial charge in [-0.3, -0.25) is 4.79 Å². The van der Waals surface area contributed by atoms with Gasteiger partial charge in [-0.15, -0.1) is 0 Å². The minimum atomic E-state index is -2.46. The van der Waals surface area contributed by atoms with Crippen molar-refractivity contribution in [2.24, 2.45) is 0 Å². The highest BCUT2D eigenvalue weighted by atomic mass is 19.3. The van der Waals surface area contributed by atoms with Crippen LogP contribution < -0.4 is 5.32 Å². The molecule has 1 heterocycles. The molecule has 0 bridgehead atoms. The van der Waals surface area contributed by atoms with Gasteiger partial charge in [0.25, 0.3) is 6.43 Å². The van der Waals surface area contributed by atoms with Gasteiger partial charge in [0, 0.05) is 19.6 Å². The number of hydrogen-bond acceptors (Lipinski definition) is 3. The van der Waals surface area contributed by atoms with Crippen molar-refractivity contribution in [3.05, 3.63) is 0 Å². The smallest absolute Gasteiger partial charge is 0.261 e. The van der Waals surface area contributed by atoms with Crippen molar-refractivity contribution >= 4 is 5.91 Å². The lowest BCUT2D eigenvalue weighted by molar-refractivity contribution is -0.135. The second-order valence-corrected chi connectivity index (χ2v) is 3.71. The molecule has 0 aromatic carbocycles. The number of carbonyl (C=O) groups excluding carboxylic acids is 1. The number of nitrogens with one attached hydrogen (secondary N) is 1. The summed E-state index contributed by atoms with van der Waals surface area (Å²) in [6.45, 7) is 3.68. The summed E-state index contributed by atoms with van der Waals surface area (Å²) in [6, 6.07) is 0.257. The quantitative estimate of drug-likeness (QED) is 0.654. The van der Waals surface area contributed by atoms with Crippen LogP contribution >= 0.6 is 0 Å². The summed E-state index contributed by atoms with van der Waals surface area (Å²) in [5.41, 5.74) is 0. The van der Waals surface area contributed by atoms with Crippen molar-refractivity contribution in [3.63, 3.8) is 0 Å². The van der Waals surface area contributed by atoms with Crippen molar-refractivity contribution in [1.82, 2.24) is 10.2 Å². The van der Waals surface area contributed by atoms with E-state index in [4.69, 9.17) is 0 Å². The van der Waals surface area contributed by atoms with E-state index in [0.29, 0.717) is 6.54 Å². The van der Waals surface area contributed by atoms with Crippen LogP contribution in [0.5, 0.6) is 0 Å². The molecular formula is C10H18F2N2O2. The molecule has 0 radical (unpaired) electrons. The van der Waals surface area contributed by atoms with Gasteiger partial charge in [0.1, 0.15) is 6.61 Å². The molecule has 4 nitrogen and oxygen atoms in total. The maximum Gasteiger partial charge on any atom is 0.261 e. The standard InChI is InChI=1S/C10H18F2N2O2/c1-2-14(8-5-13-6-8)10(15)3-4-16-7-9(11)12/h8-9,13H,2-7H2,1H3. The van der Waals surface area contributed by atoms with Crippen LogP contribution in [0, 0.1) is 0 Å². The Kier molecular flexibility index (Phi) is 5.62. The number of alkyl halides is 2. The molecule has 0 spiro atoms. The maximum atomic E-state index is 11.7. The summed E-state index contributed by atoms with van der Waals surface area (Å²) in [6.07, 6.45) is -2.29. The van der Waals surface area contributed by atoms with Crippen LogP contribution in [0.3, 0.4) is 0 Å². The molecule has 1 aliphatic rings. The highest BCUT2D eigenvalue weighted by Crippen LogP contribution is 2.07. The van der Waals surface area contributed by atoms with Gasteiger partial charge < -0.3 is 15.0 Å². The summed E-state index contributed by atoms with van der Waals surface area (Å²) in [5, 5.41) is 3.09. The van der Waals surface area contributed by atoms with Crippen molar-refractivity contribution in [3.8, 4) is 0 Å². The molecule has 0 unspecified atom stereocenters. The number of halogens is 2. The van der Waals surface area contributed by atoms with Crippen LogP contribution in [0.4, 0.5) is 8.78 Å². The summed E-state index contributed by atoms with van der Waals surface area (Å²) in [4.78, 5) is 13.4. The van der Waals surface area contributed by atoms with Gasteiger partial charge in [-0.2, -0.15) is 0 Å². The number of rotatable bonds is 7. The third-order valence-electron chi connectivity index (χ3n) is 2.57. The van der Waals surface area contributed by atoms with Gasteiger partial charge in [-0.25, -0.2) is 8.78 Å². The lowest BCUT2D eigenvalue weighted by Gasteiger charge is -2.37. The van der Waals surface area contributed by atoms with Gasteiger partial charge in [-0.05, 0) is 6.92 Å². The van der Waals surface area contributed by atoms with E-state index in [-0.39, 0.29) is 25.0 Å². The van der Waals surface area contributed by atoms with E-state index in [0.717, 1.165) is 13.1 Å². The average Bonchev–Trinajstić information content (AvgIpc) is 2.17. The zero-order valence-electron chi connectivity index (χ0n) is 9.42. The molecule has 0 aromatic heterocycles. The monoisotopic (exact) mass is 236 g/mol. The van der Waals surface area contributed by atoms with E-state index in [1.807, 2.05) is 6.92 Å². The molecule has 0 aromatic rings. The van der Waals surface area contributed by atoms with Crippen LogP contribution in [0.15, 0.2) is 0 Å². The molecule has 1 amide bonds. The second-order valence-electron chi connectivity index (χ2n) is 3.71. The molecule has 16 heavy (non-hydrogen) atoms. The van der Waals surface area contributed by atoms with Crippen LogP contribution in [-0.4, -0.2) is 56.1 Å². The zero-order chi connectivity index (χ0) is 12.0. The largest absolute Gasteiger partial charge is 0.375 e. The lowest BCUT2D eigenvalue weighted by atomic mass is 10.1. The lowest BCUT2D eigenvalue weighted by Crippen LogP contribution is -2.58. The van der Waals surface area contributed by atoms with E-state index >= 15 is 0 Å². The topological polar surface area (TPSA) is 41.6 Å². The first-order valence-corrected chi connectivity index (χ1v) is 5.51. The minimum Gasteiger partial charge on any atom is -0.375 e. The summed E-state index contributed by atoms with van der Waals surface area (Å²) in [7, 11) is 0. The molecule has 94 valence electrons. The summed E-state index contributed by atoms with van der Waals surface area (Å²) >= 11 is 0. The normalized spacial score (nSPS) is 16.2. The average molecular weight is 236 g/mol. The number of amides is 1. The number of carbonyl (C=O) groups is 1. The Balaban J connectivity index is 2.16. The fraction of sp³-hybridized carbons (Fsp3) is 0.900. The van der Waals surface area contributed by atoms with Gasteiger partial charge in [0.2, 0.25) is 5.91 Å². The molecule has 1 rings (SSSR count). The number of hydrogen-bond donors (Lipinski definition) is 1. The molecule has 0 atom stereocenters. The minimum absolute atomic E-state index is 0.0248. The highest BCUT2D eigenvalue weighted by molar-refractivity contribution is 5.76. The van der Waals surface area contributed by atoms with E-state index < -0.39 is 13.0 Å². The molecule has 1 saturated heterocycles. The fourth-order valence-corrected chi connectivity index (χ4v) is 1.61. The maximum absolute atomic E-state index is 11.7. The first-order valence-electron chi connectivity index (χ1n) is 5.51. The molecular weight excluding hydrogens is 218 g/mol. The van der Waals surface area contributed by atoms with Gasteiger partial charge in [-0.1, -0.05) is 0 Å². The predicted molar refractivity (Wildman–Crippen MR) is 55.5 cm³/mol. The summed E-state index contributed by atoms with van der Waals surface area (Å²) < 4.78 is 28.2. The molecule has 1 aliphatic heterocycles. The van der Waals surface area contributed by atoms with E-state index in [1.54, 1.807) is 4.90 Å². The van der Waals surface area contributed by atoms with Gasteiger partial charge in [0.05, 0.1) is 19.1 Å². The van der Waals surface area contributed by atoms with Crippen LogP contribution in [0.25, 0.3) is 0 Å². The van der Waals surface area contributed by atoms with Gasteiger partial charge >= 0.3 is 0 Å². The van der Waals surface area contributed by atoms with E-state index in [2.05, 4.69) is 10.1 Å². The molecule has 0 saturated carbocycles. The Hall–Kier alpha value is -0.750. The summed E-state index contributed by atoms with van der Waals surface area (Å²) in [5.74, 6) is -0.0248. The van der Waals surface area contributed by atoms with Crippen LogP contribution in [-0.2, 0) is 9.53 Å². The molecule has 6 heteroatoms. The third kappa shape index (κ3) is 4.02. The first kappa shape index (κ1) is 13.3. The SMILES string of the molecule is CCN(C(=O)CCOCC(F)F)C1CNC1. The van der Waals surface area contributed by atoms with E-state index in [9.17, 15) is 13.6 Å². The Morgan fingerprint density at radius 2 is 2.25 bits per heavy atom. The molecule has 1 N–H and O–H groups in total. The Morgan fingerprint density at radius 1 is 1.56 bits per heavy atom. The van der Waals surface area contributed by atoms with Gasteiger partial charge in [0.15, 0.2) is 0 Å². The zero-order valence-corrected chi connectivity index (χ0v) is 9.42. The van der Waals surface area contributed by atoms with Crippen LogP contribution in [0.1, 0.15) is 13.3 Å². The Labute approximate surface area is 93.9 Å². The number of nitrogens with zero attached hydrogens (tertiary/aromatic N) is 1. The second kappa shape index (κ2) is 6.75. The van der Waals surface area contributed by atoms with Crippen molar-refractivity contribution < 1.29 is 18.3 Å². The van der Waals surface area contributed by atoms with Crippen molar-refractivity contribution in [2.45, 2.75) is 25.8 Å². The number of ether oxygens (including phenoxy) is 1. The molecule has 0 aliphatic carbocycles. The fourth-order valence-electron chi connectivity index (χ4n) is 1.61. The first-order chi connectivity index (χ1) is 7.65. The Morgan fingerprint density at radius 3 is 2.69 bits per heavy atom. The van der Waals surface area contributed by atoms with Crippen LogP contribution in [0.2, 0.25) is 0 Å². The number of likely N-dealkylation sites (N-methyl/N-ethyl adjacent to an activating group) is 1. The third-order valence-corrected chi connectivity index (χ3v) is 2.57. The highest BCUT2D eigenvalue weighted by Gasteiger charge is 2.26. The van der Waals surface area contributed by atoms with E-state index in [1.165, 1.54) is 0 Å². The predicted octanol–water partition coefficient (Wildman–Crippen LogP) is 0.478. The molecule has 1 fully saturated rings. The van der Waals surface area contributed by atoms with Crippen molar-refractivity contribution in [1.29, 1.82) is 0 Å².